The minimum atomic E-state index is -0.566. The van der Waals surface area contributed by atoms with E-state index in [1.807, 2.05) is 0 Å². The lowest BCUT2D eigenvalue weighted by Gasteiger charge is -2.33. The molecule has 0 bridgehead atoms. The molecule has 0 spiro atoms. The molecule has 2 aliphatic rings. The number of carbonyl (C=O) groups excluding carboxylic acids is 2. The Hall–Kier alpha value is -2.94. The van der Waals surface area contributed by atoms with Gasteiger partial charge in [-0.2, -0.15) is 5.10 Å². The molecule has 1 aliphatic carbocycles. The van der Waals surface area contributed by atoms with E-state index in [1.165, 1.54) is 6.07 Å². The third-order valence-electron chi connectivity index (χ3n) is 5.25. The van der Waals surface area contributed by atoms with Gasteiger partial charge in [-0.1, -0.05) is 18.2 Å². The van der Waals surface area contributed by atoms with Crippen molar-refractivity contribution in [1.29, 1.82) is 0 Å². The van der Waals surface area contributed by atoms with Crippen molar-refractivity contribution < 1.29 is 23.5 Å². The van der Waals surface area contributed by atoms with Crippen LogP contribution in [0.1, 0.15) is 42.9 Å². The van der Waals surface area contributed by atoms with E-state index in [0.717, 1.165) is 18.5 Å². The predicted octanol–water partition coefficient (Wildman–Crippen LogP) is 2.84. The first-order chi connectivity index (χ1) is 14.1. The highest BCUT2D eigenvalue weighted by Crippen LogP contribution is 2.38. The van der Waals surface area contributed by atoms with Gasteiger partial charge in [0, 0.05) is 30.7 Å². The zero-order valence-electron chi connectivity index (χ0n) is 15.8. The van der Waals surface area contributed by atoms with E-state index >= 15 is 0 Å². The Balaban J connectivity index is 1.19. The second-order valence-electron chi connectivity index (χ2n) is 7.34. The summed E-state index contributed by atoms with van der Waals surface area (Å²) in [5, 5.41) is 12.4. The maximum Gasteiger partial charge on any atom is 0.407 e. The largest absolute Gasteiger partial charge is 0.446 e. The van der Waals surface area contributed by atoms with Crippen LogP contribution in [-0.2, 0) is 20.8 Å². The summed E-state index contributed by atoms with van der Waals surface area (Å²) in [4.78, 5) is 24.0. The summed E-state index contributed by atoms with van der Waals surface area (Å²) in [6, 6.07) is 8.07. The van der Waals surface area contributed by atoms with Crippen LogP contribution in [0.5, 0.6) is 0 Å². The third-order valence-corrected chi connectivity index (χ3v) is 5.25. The van der Waals surface area contributed by atoms with Gasteiger partial charge in [0.15, 0.2) is 0 Å². The second-order valence-corrected chi connectivity index (χ2v) is 7.34. The summed E-state index contributed by atoms with van der Waals surface area (Å²) in [6.45, 7) is 0.693. The van der Waals surface area contributed by atoms with Crippen molar-refractivity contribution >= 4 is 17.8 Å². The predicted molar refractivity (Wildman–Crippen MR) is 102 cm³/mol. The fraction of sp³-hybridized carbons (Fsp3) is 0.450. The van der Waals surface area contributed by atoms with Crippen molar-refractivity contribution in [1.82, 2.24) is 15.5 Å². The molecule has 2 aromatic rings. The molecule has 9 heteroatoms. The summed E-state index contributed by atoms with van der Waals surface area (Å²) >= 11 is 0. The molecular weight excluding hydrogens is 379 g/mol. The SMILES string of the molecule is O=C(NCc1ccccc1F)O[C@H]1C[C@@H](c2cc(NC(=O)[C@H]3CCCO3)[nH]n2)C1. The van der Waals surface area contributed by atoms with Crippen molar-refractivity contribution in [2.75, 3.05) is 11.9 Å². The van der Waals surface area contributed by atoms with Gasteiger partial charge in [-0.25, -0.2) is 9.18 Å². The van der Waals surface area contributed by atoms with Gasteiger partial charge < -0.3 is 20.1 Å². The molecule has 1 aromatic carbocycles. The highest BCUT2D eigenvalue weighted by atomic mass is 19.1. The minimum absolute atomic E-state index is 0.0782. The number of rotatable bonds is 6. The van der Waals surface area contributed by atoms with Crippen molar-refractivity contribution in [2.45, 2.75) is 50.4 Å². The van der Waals surface area contributed by atoms with Crippen LogP contribution in [0.4, 0.5) is 15.0 Å². The van der Waals surface area contributed by atoms with Crippen molar-refractivity contribution in [3.8, 4) is 0 Å². The number of benzene rings is 1. The van der Waals surface area contributed by atoms with E-state index in [-0.39, 0.29) is 30.3 Å². The summed E-state index contributed by atoms with van der Waals surface area (Å²) in [5.74, 6) is 0.160. The number of hydrogen-bond donors (Lipinski definition) is 3. The standard InChI is InChI=1S/C20H23FN4O4/c21-15-5-2-1-4-12(15)11-22-20(27)29-14-8-13(9-14)16-10-18(25-24-16)23-19(26)17-6-3-7-28-17/h1-2,4-5,10,13-14,17H,3,6-9,11H2,(H,22,27)(H2,23,24,25,26)/t13-,14+,17-/m1/s1. The van der Waals surface area contributed by atoms with E-state index in [0.29, 0.717) is 30.8 Å². The molecule has 1 saturated heterocycles. The van der Waals surface area contributed by atoms with Gasteiger partial charge in [-0.05, 0) is 31.7 Å². The van der Waals surface area contributed by atoms with Gasteiger partial charge in [0.05, 0.1) is 5.69 Å². The molecule has 29 heavy (non-hydrogen) atoms. The van der Waals surface area contributed by atoms with Gasteiger partial charge in [0.25, 0.3) is 5.91 Å². The van der Waals surface area contributed by atoms with E-state index < -0.39 is 12.2 Å². The number of alkyl carbamates (subject to hydrolysis) is 1. The molecule has 4 rings (SSSR count). The number of hydrogen-bond acceptors (Lipinski definition) is 5. The monoisotopic (exact) mass is 402 g/mol. The number of carbonyl (C=O) groups is 2. The molecular formula is C20H23FN4O4. The fourth-order valence-electron chi connectivity index (χ4n) is 3.51. The van der Waals surface area contributed by atoms with Crippen LogP contribution in [0, 0.1) is 5.82 Å². The van der Waals surface area contributed by atoms with Crippen LogP contribution >= 0.6 is 0 Å². The number of aromatic nitrogens is 2. The molecule has 2 fully saturated rings. The number of H-pyrrole nitrogens is 1. The Morgan fingerprint density at radius 1 is 1.31 bits per heavy atom. The number of ether oxygens (including phenoxy) is 2. The van der Waals surface area contributed by atoms with Gasteiger partial charge in [0.2, 0.25) is 0 Å². The van der Waals surface area contributed by atoms with E-state index in [4.69, 9.17) is 9.47 Å². The van der Waals surface area contributed by atoms with Crippen LogP contribution in [0.25, 0.3) is 0 Å². The lowest BCUT2D eigenvalue weighted by atomic mass is 9.80. The third kappa shape index (κ3) is 4.73. The maximum atomic E-state index is 13.6. The fourth-order valence-corrected chi connectivity index (χ4v) is 3.51. The lowest BCUT2D eigenvalue weighted by molar-refractivity contribution is -0.124. The number of nitrogens with zero attached hydrogens (tertiary/aromatic N) is 1. The molecule has 0 unspecified atom stereocenters. The average molecular weight is 402 g/mol. The van der Waals surface area contributed by atoms with Gasteiger partial charge >= 0.3 is 6.09 Å². The highest BCUT2D eigenvalue weighted by molar-refractivity contribution is 5.93. The Labute approximate surface area is 167 Å². The first kappa shape index (κ1) is 19.4. The van der Waals surface area contributed by atoms with Crippen LogP contribution in [-0.4, -0.2) is 41.0 Å². The topological polar surface area (TPSA) is 105 Å². The van der Waals surface area contributed by atoms with Gasteiger partial charge in [-0.15, -0.1) is 0 Å². The first-order valence-corrected chi connectivity index (χ1v) is 9.74. The molecule has 1 saturated carbocycles. The molecule has 1 atom stereocenters. The smallest absolute Gasteiger partial charge is 0.407 e. The van der Waals surface area contributed by atoms with Gasteiger partial charge in [-0.3, -0.25) is 9.89 Å². The zero-order chi connectivity index (χ0) is 20.2. The average Bonchev–Trinajstić information content (AvgIpc) is 3.36. The molecule has 1 aromatic heterocycles. The highest BCUT2D eigenvalue weighted by Gasteiger charge is 2.35. The van der Waals surface area contributed by atoms with Crippen molar-refractivity contribution in [3.05, 3.63) is 47.4 Å². The number of anilines is 1. The molecule has 2 heterocycles. The Morgan fingerprint density at radius 3 is 2.90 bits per heavy atom. The van der Waals surface area contributed by atoms with Crippen LogP contribution in [0.2, 0.25) is 0 Å². The minimum Gasteiger partial charge on any atom is -0.446 e. The summed E-state index contributed by atoms with van der Waals surface area (Å²) < 4.78 is 24.3. The first-order valence-electron chi connectivity index (χ1n) is 9.74. The number of aromatic amines is 1. The summed E-state index contributed by atoms with van der Waals surface area (Å²) in [5.41, 5.74) is 1.23. The summed E-state index contributed by atoms with van der Waals surface area (Å²) in [6.07, 6.45) is 1.75. The molecule has 0 radical (unpaired) electrons. The lowest BCUT2D eigenvalue weighted by Crippen LogP contribution is -2.36. The van der Waals surface area contributed by atoms with E-state index in [1.54, 1.807) is 24.3 Å². The molecule has 2 amide bonds. The summed E-state index contributed by atoms with van der Waals surface area (Å²) in [7, 11) is 0. The quantitative estimate of drug-likeness (QED) is 0.689. The zero-order valence-corrected chi connectivity index (χ0v) is 15.8. The van der Waals surface area contributed by atoms with Crippen LogP contribution in [0.15, 0.2) is 30.3 Å². The molecule has 3 N–H and O–H groups in total. The van der Waals surface area contributed by atoms with Crippen LogP contribution in [0.3, 0.4) is 0 Å². The molecule has 154 valence electrons. The second kappa shape index (κ2) is 8.60. The number of halogens is 1. The van der Waals surface area contributed by atoms with E-state index in [9.17, 15) is 14.0 Å². The Morgan fingerprint density at radius 2 is 2.14 bits per heavy atom. The number of amides is 2. The maximum absolute atomic E-state index is 13.6. The van der Waals surface area contributed by atoms with E-state index in [2.05, 4.69) is 20.8 Å². The Bertz CT molecular complexity index is 875. The molecule has 8 nitrogen and oxygen atoms in total. The Kier molecular flexibility index (Phi) is 5.75. The van der Waals surface area contributed by atoms with Gasteiger partial charge in [0.1, 0.15) is 23.8 Å². The number of nitrogens with one attached hydrogen (secondary N) is 3. The van der Waals surface area contributed by atoms with Crippen molar-refractivity contribution in [2.24, 2.45) is 0 Å². The van der Waals surface area contributed by atoms with Crippen LogP contribution < -0.4 is 10.6 Å². The van der Waals surface area contributed by atoms with Crippen molar-refractivity contribution in [3.63, 3.8) is 0 Å². The molecule has 1 aliphatic heterocycles. The normalized spacial score (nSPS) is 23.3.